The van der Waals surface area contributed by atoms with E-state index in [2.05, 4.69) is 42.2 Å². The fourth-order valence-electron chi connectivity index (χ4n) is 4.13. The van der Waals surface area contributed by atoms with E-state index in [-0.39, 0.29) is 0 Å². The second-order valence-corrected chi connectivity index (χ2v) is 8.81. The maximum Gasteiger partial charge on any atom is 0.136 e. The van der Waals surface area contributed by atoms with E-state index in [4.69, 9.17) is 5.26 Å². The first-order chi connectivity index (χ1) is 14.9. The molecule has 0 N–H and O–H groups in total. The van der Waals surface area contributed by atoms with Crippen LogP contribution in [0.4, 0.5) is 8.78 Å². The van der Waals surface area contributed by atoms with Crippen molar-refractivity contribution in [2.24, 2.45) is 0 Å². The molecule has 0 saturated heterocycles. The third-order valence-corrected chi connectivity index (χ3v) is 6.37. The van der Waals surface area contributed by atoms with Crippen LogP contribution in [0.15, 0.2) is 48.5 Å². The van der Waals surface area contributed by atoms with E-state index in [9.17, 15) is 8.78 Å². The number of alkyl halides is 2. The SMILES string of the molecule is CC#N.CCN(CCCc1ccc(C2(F)CC2)c(C2(F)CC2)c1)CCc1ccccc1. The first kappa shape index (κ1) is 23.4. The van der Waals surface area contributed by atoms with Crippen LogP contribution in [0.5, 0.6) is 0 Å². The third kappa shape index (κ3) is 6.37. The molecule has 4 heteroatoms. The molecule has 2 saturated carbocycles. The first-order valence-electron chi connectivity index (χ1n) is 11.5. The number of rotatable bonds is 10. The van der Waals surface area contributed by atoms with E-state index >= 15 is 0 Å². The Morgan fingerprint density at radius 2 is 1.48 bits per heavy atom. The molecule has 4 rings (SSSR count). The zero-order chi connectivity index (χ0) is 22.3. The molecular formula is C27H34F2N2. The Hall–Kier alpha value is -2.25. The fraction of sp³-hybridized carbons (Fsp3) is 0.519. The Kier molecular flexibility index (Phi) is 7.84. The van der Waals surface area contributed by atoms with Gasteiger partial charge in [0.05, 0.1) is 6.07 Å². The highest BCUT2D eigenvalue weighted by atomic mass is 19.1. The lowest BCUT2D eigenvalue weighted by Gasteiger charge is -2.21. The number of nitriles is 1. The van der Waals surface area contributed by atoms with E-state index in [1.165, 1.54) is 12.5 Å². The van der Waals surface area contributed by atoms with Crippen LogP contribution in [-0.4, -0.2) is 24.5 Å². The smallest absolute Gasteiger partial charge is 0.136 e. The Bertz CT molecular complexity index is 880. The van der Waals surface area contributed by atoms with Gasteiger partial charge in [-0.3, -0.25) is 0 Å². The van der Waals surface area contributed by atoms with E-state index < -0.39 is 11.3 Å². The molecule has 31 heavy (non-hydrogen) atoms. The zero-order valence-corrected chi connectivity index (χ0v) is 18.8. The third-order valence-electron chi connectivity index (χ3n) is 6.37. The van der Waals surface area contributed by atoms with Crippen molar-refractivity contribution in [3.8, 4) is 6.07 Å². The highest BCUT2D eigenvalue weighted by Gasteiger charge is 2.53. The predicted molar refractivity (Wildman–Crippen MR) is 122 cm³/mol. The molecule has 2 aliphatic carbocycles. The molecule has 0 amide bonds. The summed E-state index contributed by atoms with van der Waals surface area (Å²) in [5, 5.41) is 7.32. The molecule has 166 valence electrons. The molecule has 2 aliphatic rings. The normalized spacial score (nSPS) is 17.4. The second-order valence-electron chi connectivity index (χ2n) is 8.81. The molecule has 2 aromatic rings. The van der Waals surface area contributed by atoms with Crippen LogP contribution in [0.1, 0.15) is 68.2 Å². The summed E-state index contributed by atoms with van der Waals surface area (Å²) in [4.78, 5) is 2.47. The lowest BCUT2D eigenvalue weighted by atomic mass is 9.93. The standard InChI is InChI=1S/C25H31F2N.C2H3N/c1-2-28(18-12-20-7-4-3-5-8-20)17-6-9-21-10-11-22(24(26)13-14-24)23(19-21)25(27)15-16-25;1-2-3/h3-5,7-8,10-11,19H,2,6,9,12-18H2,1H3;1H3. The van der Waals surface area contributed by atoms with Gasteiger partial charge in [0.25, 0.3) is 0 Å². The van der Waals surface area contributed by atoms with E-state index in [1.54, 1.807) is 6.07 Å². The van der Waals surface area contributed by atoms with Gasteiger partial charge in [0.15, 0.2) is 0 Å². The molecule has 2 nitrogen and oxygen atoms in total. The molecule has 0 aromatic heterocycles. The van der Waals surface area contributed by atoms with Gasteiger partial charge in [0.1, 0.15) is 11.3 Å². The van der Waals surface area contributed by atoms with Gasteiger partial charge in [-0.15, -0.1) is 0 Å². The highest BCUT2D eigenvalue weighted by molar-refractivity contribution is 5.44. The molecule has 2 fully saturated rings. The minimum atomic E-state index is -1.27. The second kappa shape index (κ2) is 10.4. The van der Waals surface area contributed by atoms with Crippen LogP contribution in [0, 0.1) is 11.3 Å². The molecule has 0 bridgehead atoms. The monoisotopic (exact) mass is 424 g/mol. The Labute approximate surface area is 185 Å². The number of nitrogens with zero attached hydrogens (tertiary/aromatic N) is 2. The van der Waals surface area contributed by atoms with Crippen molar-refractivity contribution in [3.05, 3.63) is 70.8 Å². The van der Waals surface area contributed by atoms with Crippen LogP contribution in [-0.2, 0) is 24.2 Å². The zero-order valence-electron chi connectivity index (χ0n) is 18.8. The molecule has 2 aromatic carbocycles. The van der Waals surface area contributed by atoms with Gasteiger partial charge in [-0.05, 0) is 80.3 Å². The topological polar surface area (TPSA) is 27.0 Å². The summed E-state index contributed by atoms with van der Waals surface area (Å²) >= 11 is 0. The molecule has 0 atom stereocenters. The molecule has 0 aliphatic heterocycles. The summed E-state index contributed by atoms with van der Waals surface area (Å²) in [6.07, 6.45) is 5.21. The van der Waals surface area contributed by atoms with Crippen molar-refractivity contribution >= 4 is 0 Å². The number of hydrogen-bond donors (Lipinski definition) is 0. The summed E-state index contributed by atoms with van der Waals surface area (Å²) in [7, 11) is 0. The summed E-state index contributed by atoms with van der Waals surface area (Å²) in [5.74, 6) is 0. The van der Waals surface area contributed by atoms with Gasteiger partial charge < -0.3 is 4.90 Å². The minimum Gasteiger partial charge on any atom is -0.303 e. The average molecular weight is 425 g/mol. The maximum absolute atomic E-state index is 14.8. The maximum atomic E-state index is 14.8. The number of benzene rings is 2. The average Bonchev–Trinajstić information content (AvgIpc) is 3.71. The van der Waals surface area contributed by atoms with Crippen molar-refractivity contribution in [2.75, 3.05) is 19.6 Å². The number of hydrogen-bond acceptors (Lipinski definition) is 2. The lowest BCUT2D eigenvalue weighted by Crippen LogP contribution is -2.27. The summed E-state index contributed by atoms with van der Waals surface area (Å²) < 4.78 is 29.5. The number of likely N-dealkylation sites (N-methyl/N-ethyl adjacent to an activating group) is 1. The van der Waals surface area contributed by atoms with Crippen molar-refractivity contribution in [3.63, 3.8) is 0 Å². The number of halogens is 2. The van der Waals surface area contributed by atoms with Crippen molar-refractivity contribution in [2.45, 2.75) is 70.1 Å². The van der Waals surface area contributed by atoms with Crippen LogP contribution in [0.2, 0.25) is 0 Å². The number of aryl methyl sites for hydroxylation is 1. The minimum absolute atomic E-state index is 0.544. The van der Waals surface area contributed by atoms with Gasteiger partial charge in [0.2, 0.25) is 0 Å². The van der Waals surface area contributed by atoms with Crippen LogP contribution in [0.3, 0.4) is 0 Å². The Morgan fingerprint density at radius 1 is 0.871 bits per heavy atom. The van der Waals surface area contributed by atoms with Crippen LogP contribution in [0.25, 0.3) is 0 Å². The lowest BCUT2D eigenvalue weighted by molar-refractivity contribution is 0.282. The largest absolute Gasteiger partial charge is 0.303 e. The van der Waals surface area contributed by atoms with Gasteiger partial charge in [-0.25, -0.2) is 8.78 Å². The van der Waals surface area contributed by atoms with Gasteiger partial charge in [-0.2, -0.15) is 5.26 Å². The molecule has 0 spiro atoms. The quantitative estimate of drug-likeness (QED) is 0.428. The van der Waals surface area contributed by atoms with Gasteiger partial charge >= 0.3 is 0 Å². The van der Waals surface area contributed by atoms with E-state index in [0.29, 0.717) is 36.8 Å². The molecule has 0 radical (unpaired) electrons. The van der Waals surface area contributed by atoms with Crippen molar-refractivity contribution < 1.29 is 8.78 Å². The molecular weight excluding hydrogens is 390 g/mol. The van der Waals surface area contributed by atoms with Gasteiger partial charge in [0, 0.05) is 13.5 Å². The predicted octanol–water partition coefficient (Wildman–Crippen LogP) is 6.63. The fourth-order valence-corrected chi connectivity index (χ4v) is 4.13. The van der Waals surface area contributed by atoms with E-state index in [1.807, 2.05) is 18.2 Å². The van der Waals surface area contributed by atoms with Crippen LogP contribution < -0.4 is 0 Å². The summed E-state index contributed by atoms with van der Waals surface area (Å²) in [6, 6.07) is 18.2. The van der Waals surface area contributed by atoms with Crippen LogP contribution >= 0.6 is 0 Å². The highest BCUT2D eigenvalue weighted by Crippen LogP contribution is 2.58. The summed E-state index contributed by atoms with van der Waals surface area (Å²) in [6.45, 7) is 6.76. The van der Waals surface area contributed by atoms with Crippen molar-refractivity contribution in [1.29, 1.82) is 5.26 Å². The Morgan fingerprint density at radius 3 is 2.06 bits per heavy atom. The first-order valence-corrected chi connectivity index (χ1v) is 11.5. The van der Waals surface area contributed by atoms with Crippen molar-refractivity contribution in [1.82, 2.24) is 4.90 Å². The van der Waals surface area contributed by atoms with Gasteiger partial charge in [-0.1, -0.05) is 55.5 Å². The molecule has 0 heterocycles. The summed E-state index contributed by atoms with van der Waals surface area (Å²) in [5.41, 5.74) is 1.25. The van der Waals surface area contributed by atoms with E-state index in [0.717, 1.165) is 44.5 Å². The Balaban J connectivity index is 0.000000858. The molecule has 0 unspecified atom stereocenters.